The molecule has 176 valence electrons. The number of nitrogens with one attached hydrogen (secondary N) is 1. The molecule has 0 atom stereocenters. The van der Waals surface area contributed by atoms with Crippen molar-refractivity contribution in [2.24, 2.45) is 0 Å². The van der Waals surface area contributed by atoms with Crippen molar-refractivity contribution in [2.75, 3.05) is 44.2 Å². The van der Waals surface area contributed by atoms with Crippen LogP contribution in [-0.4, -0.2) is 50.1 Å². The minimum atomic E-state index is 0.00389. The Balaban J connectivity index is 1.06. The molecule has 2 heterocycles. The van der Waals surface area contributed by atoms with Gasteiger partial charge in [-0.1, -0.05) is 47.5 Å². The normalized spacial score (nSPS) is 14.7. The summed E-state index contributed by atoms with van der Waals surface area (Å²) in [5.74, 6) is 0.00389. The zero-order valence-electron chi connectivity index (χ0n) is 18.9. The van der Waals surface area contributed by atoms with Crippen LogP contribution in [0.1, 0.15) is 23.2 Å². The Hall–Kier alpha value is -2.31. The van der Waals surface area contributed by atoms with E-state index in [4.69, 9.17) is 23.2 Å². The van der Waals surface area contributed by atoms with Crippen molar-refractivity contribution in [1.82, 2.24) is 10.2 Å². The minimum absolute atomic E-state index is 0.00389. The number of anilines is 1. The predicted octanol–water partition coefficient (Wildman–Crippen LogP) is 6.69. The van der Waals surface area contributed by atoms with E-state index in [1.54, 1.807) is 11.3 Å². The molecule has 1 saturated heterocycles. The molecule has 1 aliphatic rings. The molecular formula is C27H27Cl2N3OS. The second kappa shape index (κ2) is 10.5. The van der Waals surface area contributed by atoms with E-state index in [0.717, 1.165) is 62.2 Å². The van der Waals surface area contributed by atoms with Crippen LogP contribution in [0.15, 0.2) is 60.7 Å². The SMILES string of the molecule is O=C(NCCCCN1CCN(c2cccc(Cl)c2Cl)CC1)c1ccc2sc3ccccc3c2c1. The summed E-state index contributed by atoms with van der Waals surface area (Å²) < 4.78 is 2.47. The summed E-state index contributed by atoms with van der Waals surface area (Å²) in [6, 6.07) is 20.2. The zero-order valence-corrected chi connectivity index (χ0v) is 21.2. The molecule has 0 spiro atoms. The third-order valence-corrected chi connectivity index (χ3v) is 8.43. The summed E-state index contributed by atoms with van der Waals surface area (Å²) in [4.78, 5) is 17.5. The van der Waals surface area contributed by atoms with E-state index in [-0.39, 0.29) is 5.91 Å². The number of carbonyl (C=O) groups is 1. The number of piperazine rings is 1. The smallest absolute Gasteiger partial charge is 0.251 e. The van der Waals surface area contributed by atoms with Crippen molar-refractivity contribution < 1.29 is 4.79 Å². The molecule has 1 fully saturated rings. The molecule has 1 amide bonds. The highest BCUT2D eigenvalue weighted by Crippen LogP contribution is 2.34. The second-order valence-electron chi connectivity index (χ2n) is 8.67. The summed E-state index contributed by atoms with van der Waals surface area (Å²) in [7, 11) is 0. The maximum Gasteiger partial charge on any atom is 0.251 e. The molecule has 1 N–H and O–H groups in total. The fourth-order valence-electron chi connectivity index (χ4n) is 4.58. The predicted molar refractivity (Wildman–Crippen MR) is 146 cm³/mol. The zero-order chi connectivity index (χ0) is 23.5. The molecule has 0 saturated carbocycles. The molecule has 3 aromatic carbocycles. The number of thiophene rings is 1. The molecule has 4 aromatic rings. The first-order valence-corrected chi connectivity index (χ1v) is 13.3. The fraction of sp³-hybridized carbons (Fsp3) is 0.296. The molecule has 0 unspecified atom stereocenters. The van der Waals surface area contributed by atoms with Crippen LogP contribution in [0.4, 0.5) is 5.69 Å². The highest BCUT2D eigenvalue weighted by atomic mass is 35.5. The van der Waals surface area contributed by atoms with Gasteiger partial charge in [-0.25, -0.2) is 0 Å². The first kappa shape index (κ1) is 23.4. The Bertz CT molecular complexity index is 1310. The lowest BCUT2D eigenvalue weighted by molar-refractivity contribution is 0.0952. The van der Waals surface area contributed by atoms with E-state index in [9.17, 15) is 4.79 Å². The molecule has 4 nitrogen and oxygen atoms in total. The van der Waals surface area contributed by atoms with Gasteiger partial charge < -0.3 is 10.2 Å². The van der Waals surface area contributed by atoms with Crippen LogP contribution in [0.25, 0.3) is 20.2 Å². The Morgan fingerprint density at radius 2 is 1.68 bits per heavy atom. The number of halogens is 2. The average molecular weight is 513 g/mol. The van der Waals surface area contributed by atoms with Crippen molar-refractivity contribution in [3.05, 3.63) is 76.3 Å². The third kappa shape index (κ3) is 5.03. The van der Waals surface area contributed by atoms with Crippen LogP contribution in [0.3, 0.4) is 0 Å². The number of benzene rings is 3. The first-order valence-electron chi connectivity index (χ1n) is 11.7. The van der Waals surface area contributed by atoms with Crippen molar-refractivity contribution >= 4 is 66.3 Å². The summed E-state index contributed by atoms with van der Waals surface area (Å²) in [6.45, 7) is 5.62. The van der Waals surface area contributed by atoms with Gasteiger partial charge in [0, 0.05) is 58.5 Å². The van der Waals surface area contributed by atoms with Gasteiger partial charge in [0.25, 0.3) is 5.91 Å². The van der Waals surface area contributed by atoms with E-state index in [2.05, 4.69) is 39.4 Å². The summed E-state index contributed by atoms with van der Waals surface area (Å²) >= 11 is 14.3. The summed E-state index contributed by atoms with van der Waals surface area (Å²) in [5.41, 5.74) is 1.75. The number of nitrogens with zero attached hydrogens (tertiary/aromatic N) is 2. The van der Waals surface area contributed by atoms with Gasteiger partial charge in [-0.3, -0.25) is 9.69 Å². The van der Waals surface area contributed by atoms with Gasteiger partial charge in [-0.2, -0.15) is 0 Å². The molecular weight excluding hydrogens is 485 g/mol. The fourth-order valence-corrected chi connectivity index (χ4v) is 6.08. The largest absolute Gasteiger partial charge is 0.368 e. The van der Waals surface area contributed by atoms with Gasteiger partial charge >= 0.3 is 0 Å². The Morgan fingerprint density at radius 1 is 0.882 bits per heavy atom. The Labute approximate surface area is 214 Å². The van der Waals surface area contributed by atoms with Gasteiger partial charge in [0.15, 0.2) is 0 Å². The molecule has 7 heteroatoms. The van der Waals surface area contributed by atoms with Crippen molar-refractivity contribution in [3.8, 4) is 0 Å². The highest BCUT2D eigenvalue weighted by Gasteiger charge is 2.19. The average Bonchev–Trinajstić information content (AvgIpc) is 3.24. The molecule has 34 heavy (non-hydrogen) atoms. The monoisotopic (exact) mass is 511 g/mol. The minimum Gasteiger partial charge on any atom is -0.368 e. The number of fused-ring (bicyclic) bond motifs is 3. The first-order chi connectivity index (χ1) is 16.6. The Morgan fingerprint density at radius 3 is 2.53 bits per heavy atom. The molecule has 1 aromatic heterocycles. The van der Waals surface area contributed by atoms with Crippen molar-refractivity contribution in [1.29, 1.82) is 0 Å². The van der Waals surface area contributed by atoms with Crippen LogP contribution in [-0.2, 0) is 0 Å². The number of unbranched alkanes of at least 4 members (excludes halogenated alkanes) is 1. The van der Waals surface area contributed by atoms with Gasteiger partial charge in [-0.15, -0.1) is 11.3 Å². The number of rotatable bonds is 7. The van der Waals surface area contributed by atoms with Crippen LogP contribution >= 0.6 is 34.5 Å². The molecule has 1 aliphatic heterocycles. The highest BCUT2D eigenvalue weighted by molar-refractivity contribution is 7.25. The molecule has 0 aliphatic carbocycles. The van der Waals surface area contributed by atoms with E-state index in [0.29, 0.717) is 16.6 Å². The number of hydrogen-bond donors (Lipinski definition) is 1. The lowest BCUT2D eigenvalue weighted by Gasteiger charge is -2.36. The summed E-state index contributed by atoms with van der Waals surface area (Å²) in [6.07, 6.45) is 2.03. The Kier molecular flexibility index (Phi) is 7.26. The van der Waals surface area contributed by atoms with Crippen LogP contribution in [0, 0.1) is 0 Å². The van der Waals surface area contributed by atoms with Gasteiger partial charge in [0.2, 0.25) is 0 Å². The number of amides is 1. The van der Waals surface area contributed by atoms with Gasteiger partial charge in [0.05, 0.1) is 15.7 Å². The maximum atomic E-state index is 12.7. The quantitative estimate of drug-likeness (QED) is 0.280. The van der Waals surface area contributed by atoms with E-state index >= 15 is 0 Å². The lowest BCUT2D eigenvalue weighted by Crippen LogP contribution is -2.46. The van der Waals surface area contributed by atoms with Gasteiger partial charge in [0.1, 0.15) is 0 Å². The topological polar surface area (TPSA) is 35.6 Å². The molecule has 5 rings (SSSR count). The van der Waals surface area contributed by atoms with E-state index in [1.165, 1.54) is 14.8 Å². The van der Waals surface area contributed by atoms with E-state index in [1.807, 2.05) is 36.4 Å². The van der Waals surface area contributed by atoms with Crippen LogP contribution in [0.2, 0.25) is 10.0 Å². The lowest BCUT2D eigenvalue weighted by atomic mass is 10.1. The maximum absolute atomic E-state index is 12.7. The molecule has 0 radical (unpaired) electrons. The standard InChI is InChI=1S/C27H27Cl2N3OS/c28-22-7-5-8-23(26(22)29)32-16-14-31(15-17-32)13-4-3-12-30-27(33)19-10-11-25-21(18-19)20-6-1-2-9-24(20)34-25/h1-2,5-11,18H,3-4,12-17H2,(H,30,33). The number of carbonyl (C=O) groups excluding carboxylic acids is 1. The second-order valence-corrected chi connectivity index (χ2v) is 10.5. The number of hydrogen-bond acceptors (Lipinski definition) is 4. The van der Waals surface area contributed by atoms with E-state index < -0.39 is 0 Å². The summed E-state index contributed by atoms with van der Waals surface area (Å²) in [5, 5.41) is 6.71. The third-order valence-electron chi connectivity index (χ3n) is 6.47. The van der Waals surface area contributed by atoms with Gasteiger partial charge in [-0.05, 0) is 55.8 Å². The van der Waals surface area contributed by atoms with Crippen LogP contribution in [0.5, 0.6) is 0 Å². The van der Waals surface area contributed by atoms with Crippen molar-refractivity contribution in [2.45, 2.75) is 12.8 Å². The van der Waals surface area contributed by atoms with Crippen molar-refractivity contribution in [3.63, 3.8) is 0 Å². The molecule has 0 bridgehead atoms. The van der Waals surface area contributed by atoms with Crippen LogP contribution < -0.4 is 10.2 Å².